The van der Waals surface area contributed by atoms with Gasteiger partial charge in [0.1, 0.15) is 17.3 Å². The summed E-state index contributed by atoms with van der Waals surface area (Å²) in [5, 5.41) is 0. The van der Waals surface area contributed by atoms with Crippen LogP contribution in [-0.4, -0.2) is 63.4 Å². The summed E-state index contributed by atoms with van der Waals surface area (Å²) in [5.74, 6) is -0.948. The van der Waals surface area contributed by atoms with Gasteiger partial charge in [0.15, 0.2) is 0 Å². The summed E-state index contributed by atoms with van der Waals surface area (Å²) in [6.07, 6.45) is 0. The van der Waals surface area contributed by atoms with Gasteiger partial charge in [-0.2, -0.15) is 4.31 Å². The fourth-order valence-corrected chi connectivity index (χ4v) is 3.67. The highest BCUT2D eigenvalue weighted by atomic mass is 32.2. The third kappa shape index (κ3) is 3.39. The molecule has 21 heavy (non-hydrogen) atoms. The van der Waals surface area contributed by atoms with E-state index in [1.165, 1.54) is 34.5 Å². The second-order valence-corrected chi connectivity index (χ2v) is 6.55. The maximum atomic E-state index is 13.7. The molecule has 0 bridgehead atoms. The van der Waals surface area contributed by atoms with Crippen LogP contribution in [-0.2, 0) is 19.6 Å². The molecule has 1 saturated heterocycles. The summed E-state index contributed by atoms with van der Waals surface area (Å²) in [4.78, 5) is 12.9. The molecule has 1 amide bonds. The highest BCUT2D eigenvalue weighted by molar-refractivity contribution is 7.89. The molecule has 8 heteroatoms. The Morgan fingerprint density at radius 1 is 1.24 bits per heavy atom. The van der Waals surface area contributed by atoms with Gasteiger partial charge >= 0.3 is 0 Å². The monoisotopic (exact) mass is 316 g/mol. The number of carbonyl (C=O) groups excluding carboxylic acids is 1. The number of ether oxygens (including phenoxy) is 1. The summed E-state index contributed by atoms with van der Waals surface area (Å²) in [6, 6.07) is 5.28. The number of methoxy groups -OCH3 is 1. The van der Waals surface area contributed by atoms with E-state index in [4.69, 9.17) is 4.74 Å². The lowest BCUT2D eigenvalue weighted by Gasteiger charge is -2.33. The normalized spacial score (nSPS) is 17.0. The van der Waals surface area contributed by atoms with Gasteiger partial charge in [-0.05, 0) is 12.1 Å². The van der Waals surface area contributed by atoms with Gasteiger partial charge in [0.25, 0.3) is 0 Å². The number of hydrogen-bond donors (Lipinski definition) is 0. The fourth-order valence-electron chi connectivity index (χ4n) is 2.19. The van der Waals surface area contributed by atoms with Gasteiger partial charge in [-0.25, -0.2) is 12.8 Å². The van der Waals surface area contributed by atoms with Crippen molar-refractivity contribution in [3.63, 3.8) is 0 Å². The largest absolute Gasteiger partial charge is 0.375 e. The lowest BCUT2D eigenvalue weighted by molar-refractivity contribution is -0.136. The van der Waals surface area contributed by atoms with Crippen molar-refractivity contribution in [2.24, 2.45) is 0 Å². The van der Waals surface area contributed by atoms with Crippen molar-refractivity contribution in [2.75, 3.05) is 39.9 Å². The lowest BCUT2D eigenvalue weighted by Crippen LogP contribution is -2.51. The smallest absolute Gasteiger partial charge is 0.248 e. The molecular weight excluding hydrogens is 299 g/mol. The molecule has 1 heterocycles. The first-order valence-electron chi connectivity index (χ1n) is 6.48. The number of rotatable bonds is 4. The van der Waals surface area contributed by atoms with Crippen LogP contribution in [0.3, 0.4) is 0 Å². The number of hydrogen-bond acceptors (Lipinski definition) is 4. The molecule has 6 nitrogen and oxygen atoms in total. The van der Waals surface area contributed by atoms with Crippen LogP contribution >= 0.6 is 0 Å². The highest BCUT2D eigenvalue weighted by Crippen LogP contribution is 2.20. The Balaban J connectivity index is 2.08. The van der Waals surface area contributed by atoms with Crippen LogP contribution in [0.15, 0.2) is 29.2 Å². The quantitative estimate of drug-likeness (QED) is 0.801. The second kappa shape index (κ2) is 6.50. The summed E-state index contributed by atoms with van der Waals surface area (Å²) < 4.78 is 44.4. The summed E-state index contributed by atoms with van der Waals surface area (Å²) >= 11 is 0. The maximum absolute atomic E-state index is 13.7. The fraction of sp³-hybridized carbons (Fsp3) is 0.462. The number of benzene rings is 1. The first kappa shape index (κ1) is 15.9. The van der Waals surface area contributed by atoms with Gasteiger partial charge in [0.2, 0.25) is 15.9 Å². The SMILES string of the molecule is COCC(=O)N1CCN(S(=O)(=O)c2ccccc2F)CC1. The predicted molar refractivity (Wildman–Crippen MR) is 73.6 cm³/mol. The van der Waals surface area contributed by atoms with E-state index in [0.717, 1.165) is 6.07 Å². The van der Waals surface area contributed by atoms with Crippen LogP contribution in [0.4, 0.5) is 4.39 Å². The molecule has 0 unspecified atom stereocenters. The molecular formula is C13H17FN2O4S. The Morgan fingerprint density at radius 3 is 2.43 bits per heavy atom. The molecule has 1 aromatic rings. The van der Waals surface area contributed by atoms with E-state index < -0.39 is 15.8 Å². The zero-order valence-corrected chi connectivity index (χ0v) is 12.5. The van der Waals surface area contributed by atoms with Crippen LogP contribution in [0.25, 0.3) is 0 Å². The number of halogens is 1. The minimum atomic E-state index is -3.87. The van der Waals surface area contributed by atoms with Crippen LogP contribution < -0.4 is 0 Å². The Bertz CT molecular complexity index is 612. The average Bonchev–Trinajstić information content (AvgIpc) is 2.48. The van der Waals surface area contributed by atoms with Crippen LogP contribution in [0, 0.1) is 5.82 Å². The number of carbonyl (C=O) groups is 1. The molecule has 0 saturated carbocycles. The van der Waals surface area contributed by atoms with Gasteiger partial charge in [0.05, 0.1) is 0 Å². The Hall–Kier alpha value is -1.51. The van der Waals surface area contributed by atoms with Crippen LogP contribution in [0.2, 0.25) is 0 Å². The van der Waals surface area contributed by atoms with Gasteiger partial charge in [0, 0.05) is 33.3 Å². The number of sulfonamides is 1. The van der Waals surface area contributed by atoms with Crippen LogP contribution in [0.5, 0.6) is 0 Å². The van der Waals surface area contributed by atoms with Crippen molar-refractivity contribution >= 4 is 15.9 Å². The van der Waals surface area contributed by atoms with E-state index in [2.05, 4.69) is 0 Å². The molecule has 1 fully saturated rings. The zero-order valence-electron chi connectivity index (χ0n) is 11.7. The molecule has 0 aromatic heterocycles. The van der Waals surface area contributed by atoms with E-state index in [-0.39, 0.29) is 43.6 Å². The predicted octanol–water partition coefficient (Wildman–Crippen LogP) is 0.305. The first-order valence-corrected chi connectivity index (χ1v) is 7.92. The van der Waals surface area contributed by atoms with Crippen LogP contribution in [0.1, 0.15) is 0 Å². The minimum absolute atomic E-state index is 0.0277. The molecule has 116 valence electrons. The first-order chi connectivity index (χ1) is 9.96. The Kier molecular flexibility index (Phi) is 4.92. The molecule has 1 aliphatic heterocycles. The Labute approximate surface area is 123 Å². The minimum Gasteiger partial charge on any atom is -0.375 e. The van der Waals surface area contributed by atoms with Gasteiger partial charge in [-0.3, -0.25) is 4.79 Å². The van der Waals surface area contributed by atoms with E-state index in [1.807, 2.05) is 0 Å². The molecule has 0 radical (unpaired) electrons. The highest BCUT2D eigenvalue weighted by Gasteiger charge is 2.31. The number of nitrogens with zero attached hydrogens (tertiary/aromatic N) is 2. The van der Waals surface area contributed by atoms with Crippen molar-refractivity contribution in [3.8, 4) is 0 Å². The van der Waals surface area contributed by atoms with Crippen molar-refractivity contribution < 1.29 is 22.3 Å². The molecule has 0 aliphatic carbocycles. The second-order valence-electron chi connectivity index (χ2n) is 4.65. The van der Waals surface area contributed by atoms with E-state index in [1.54, 1.807) is 0 Å². The van der Waals surface area contributed by atoms with E-state index in [9.17, 15) is 17.6 Å². The summed E-state index contributed by atoms with van der Waals surface area (Å²) in [5.41, 5.74) is 0. The molecule has 0 atom stereocenters. The van der Waals surface area contributed by atoms with Crippen molar-refractivity contribution in [1.29, 1.82) is 0 Å². The zero-order chi connectivity index (χ0) is 15.5. The Morgan fingerprint density at radius 2 is 1.86 bits per heavy atom. The van der Waals surface area contributed by atoms with E-state index in [0.29, 0.717) is 0 Å². The lowest BCUT2D eigenvalue weighted by atomic mass is 10.3. The summed E-state index contributed by atoms with van der Waals surface area (Å²) in [7, 11) is -2.44. The number of piperazine rings is 1. The standard InChI is InChI=1S/C13H17FN2O4S/c1-20-10-13(17)15-6-8-16(9-7-15)21(18,19)12-5-3-2-4-11(12)14/h2-5H,6-10H2,1H3. The third-order valence-corrected chi connectivity index (χ3v) is 5.25. The third-order valence-electron chi connectivity index (χ3n) is 3.31. The van der Waals surface area contributed by atoms with Crippen molar-refractivity contribution in [3.05, 3.63) is 30.1 Å². The average molecular weight is 316 g/mol. The molecule has 0 N–H and O–H groups in total. The van der Waals surface area contributed by atoms with Gasteiger partial charge < -0.3 is 9.64 Å². The molecule has 0 spiro atoms. The van der Waals surface area contributed by atoms with Crippen molar-refractivity contribution in [2.45, 2.75) is 4.90 Å². The molecule has 1 aliphatic rings. The molecule has 1 aromatic carbocycles. The number of amides is 1. The van der Waals surface area contributed by atoms with Crippen molar-refractivity contribution in [1.82, 2.24) is 9.21 Å². The van der Waals surface area contributed by atoms with Gasteiger partial charge in [-0.15, -0.1) is 0 Å². The van der Waals surface area contributed by atoms with Gasteiger partial charge in [-0.1, -0.05) is 12.1 Å². The maximum Gasteiger partial charge on any atom is 0.248 e. The summed E-state index contributed by atoms with van der Waals surface area (Å²) in [6.45, 7) is 0.810. The molecule has 2 rings (SSSR count). The topological polar surface area (TPSA) is 66.9 Å². The van der Waals surface area contributed by atoms with E-state index >= 15 is 0 Å².